The van der Waals surface area contributed by atoms with Crippen molar-refractivity contribution in [2.45, 2.75) is 37.3 Å². The lowest BCUT2D eigenvalue weighted by atomic mass is 9.65. The Balaban J connectivity index is 1.87. The fraction of sp³-hybridized carbons (Fsp3) is 0.261. The fourth-order valence-corrected chi connectivity index (χ4v) is 5.55. The van der Waals surface area contributed by atoms with Crippen molar-refractivity contribution in [3.63, 3.8) is 0 Å². The molecule has 3 aromatic rings. The minimum atomic E-state index is -4.74. The molecule has 2 aromatic heterocycles. The van der Waals surface area contributed by atoms with Crippen molar-refractivity contribution in [1.29, 1.82) is 0 Å². The predicted octanol–water partition coefficient (Wildman–Crippen LogP) is 5.67. The second-order valence-electron chi connectivity index (χ2n) is 9.02. The Kier molecular flexibility index (Phi) is 6.41. The number of hydrogen-bond acceptors (Lipinski definition) is 6. The Bertz CT molecular complexity index is 1480. The van der Waals surface area contributed by atoms with E-state index in [2.05, 4.69) is 15.0 Å². The van der Waals surface area contributed by atoms with E-state index in [4.69, 9.17) is 16.7 Å². The van der Waals surface area contributed by atoms with Crippen molar-refractivity contribution >= 4 is 38.5 Å². The SMILES string of the molecule is CC(C)(C)C1(F)C=CC(c2csc(-c3ccnc(Cl)n3)n2)=CC1c1ccc(F)c(S(N)(=O)=O)c1F. The molecule has 2 N–H and O–H groups in total. The molecule has 1 aliphatic rings. The number of rotatable bonds is 4. The van der Waals surface area contributed by atoms with Crippen LogP contribution in [0.3, 0.4) is 0 Å². The van der Waals surface area contributed by atoms with E-state index in [1.165, 1.54) is 35.8 Å². The zero-order valence-electron chi connectivity index (χ0n) is 18.8. The molecule has 0 amide bonds. The molecule has 0 radical (unpaired) electrons. The number of alkyl halides is 1. The van der Waals surface area contributed by atoms with Crippen LogP contribution in [0.1, 0.15) is 37.9 Å². The van der Waals surface area contributed by atoms with Crippen LogP contribution in [0.25, 0.3) is 16.3 Å². The van der Waals surface area contributed by atoms with E-state index in [-0.39, 0.29) is 10.8 Å². The van der Waals surface area contributed by atoms with E-state index in [1.807, 2.05) is 0 Å². The van der Waals surface area contributed by atoms with Crippen LogP contribution in [0, 0.1) is 17.0 Å². The summed E-state index contributed by atoms with van der Waals surface area (Å²) in [5, 5.41) is 7.35. The summed E-state index contributed by atoms with van der Waals surface area (Å²) < 4.78 is 69.8. The van der Waals surface area contributed by atoms with Gasteiger partial charge in [-0.15, -0.1) is 11.3 Å². The maximum atomic E-state index is 16.5. The van der Waals surface area contributed by atoms with E-state index in [9.17, 15) is 12.8 Å². The second kappa shape index (κ2) is 8.81. The van der Waals surface area contributed by atoms with Crippen LogP contribution in [0.2, 0.25) is 5.28 Å². The van der Waals surface area contributed by atoms with E-state index in [0.29, 0.717) is 22.0 Å². The average molecular weight is 541 g/mol. The number of primary sulfonamides is 1. The van der Waals surface area contributed by atoms with Crippen molar-refractivity contribution in [1.82, 2.24) is 15.0 Å². The highest BCUT2D eigenvalue weighted by atomic mass is 35.5. The Morgan fingerprint density at radius 2 is 1.86 bits per heavy atom. The van der Waals surface area contributed by atoms with Gasteiger partial charge in [0.15, 0.2) is 4.90 Å². The minimum Gasteiger partial charge on any atom is -0.238 e. The molecular weight excluding hydrogens is 521 g/mol. The number of nitrogens with zero attached hydrogens (tertiary/aromatic N) is 3. The van der Waals surface area contributed by atoms with Gasteiger partial charge in [-0.1, -0.05) is 39.0 Å². The van der Waals surface area contributed by atoms with Gasteiger partial charge in [0.05, 0.1) is 5.69 Å². The molecule has 35 heavy (non-hydrogen) atoms. The quantitative estimate of drug-likeness (QED) is 0.430. The lowest BCUT2D eigenvalue weighted by molar-refractivity contribution is 0.0618. The van der Waals surface area contributed by atoms with Gasteiger partial charge in [-0.3, -0.25) is 0 Å². The van der Waals surface area contributed by atoms with Crippen molar-refractivity contribution in [3.05, 3.63) is 76.2 Å². The Labute approximate surface area is 209 Å². The van der Waals surface area contributed by atoms with E-state index < -0.39 is 43.6 Å². The van der Waals surface area contributed by atoms with Crippen LogP contribution in [0.5, 0.6) is 0 Å². The summed E-state index contributed by atoms with van der Waals surface area (Å²) in [5.41, 5.74) is -2.10. The van der Waals surface area contributed by atoms with Crippen LogP contribution in [0.15, 0.2) is 52.9 Å². The number of sulfonamides is 1. The summed E-state index contributed by atoms with van der Waals surface area (Å²) >= 11 is 7.13. The molecule has 184 valence electrons. The summed E-state index contributed by atoms with van der Waals surface area (Å²) in [6.45, 7) is 4.89. The molecule has 0 fully saturated rings. The molecule has 2 atom stereocenters. The van der Waals surface area contributed by atoms with Gasteiger partial charge in [0, 0.05) is 22.9 Å². The first kappa shape index (κ1) is 25.5. The number of benzene rings is 1. The highest BCUT2D eigenvalue weighted by Gasteiger charge is 2.49. The van der Waals surface area contributed by atoms with Crippen LogP contribution in [-0.4, -0.2) is 29.0 Å². The maximum Gasteiger partial charge on any atom is 0.243 e. The Morgan fingerprint density at radius 1 is 1.14 bits per heavy atom. The standard InChI is InChI=1S/C23H20ClF3N4O2S2/c1-22(2,3)23(27)8-6-12(17-11-34-20(30-17)16-7-9-29-21(24)31-16)10-14(23)13-4-5-15(25)19(18(13)26)35(28,32)33/h4-11,14H,1-3H3,(H2,28,32,33). The minimum absolute atomic E-state index is 0.0564. The summed E-state index contributed by atoms with van der Waals surface area (Å²) in [5.74, 6) is -4.08. The Hall–Kier alpha value is -2.60. The summed E-state index contributed by atoms with van der Waals surface area (Å²) in [7, 11) is -4.74. The molecule has 2 unspecified atom stereocenters. The third kappa shape index (κ3) is 4.65. The predicted molar refractivity (Wildman–Crippen MR) is 129 cm³/mol. The number of allylic oxidation sites excluding steroid dienone is 4. The number of nitrogens with two attached hydrogens (primary N) is 1. The van der Waals surface area contributed by atoms with Crippen LogP contribution < -0.4 is 5.14 Å². The molecule has 2 heterocycles. The highest BCUT2D eigenvalue weighted by molar-refractivity contribution is 7.89. The van der Waals surface area contributed by atoms with E-state index in [0.717, 1.165) is 12.1 Å². The molecule has 0 aliphatic heterocycles. The second-order valence-corrected chi connectivity index (χ2v) is 11.7. The van der Waals surface area contributed by atoms with Gasteiger partial charge in [-0.05, 0) is 40.9 Å². The van der Waals surface area contributed by atoms with Crippen LogP contribution >= 0.6 is 22.9 Å². The molecule has 0 bridgehead atoms. The topological polar surface area (TPSA) is 98.8 Å². The van der Waals surface area contributed by atoms with Gasteiger partial charge in [-0.2, -0.15) is 0 Å². The number of hydrogen-bond donors (Lipinski definition) is 1. The van der Waals surface area contributed by atoms with E-state index >= 15 is 8.78 Å². The lowest BCUT2D eigenvalue weighted by Crippen LogP contribution is -2.43. The van der Waals surface area contributed by atoms with Crippen molar-refractivity contribution < 1.29 is 21.6 Å². The molecule has 1 aromatic carbocycles. The monoisotopic (exact) mass is 540 g/mol. The fourth-order valence-electron chi connectivity index (χ4n) is 3.90. The third-order valence-corrected chi connectivity index (χ3v) is 7.79. The van der Waals surface area contributed by atoms with Crippen LogP contribution in [0.4, 0.5) is 13.2 Å². The molecule has 4 rings (SSSR count). The molecule has 0 spiro atoms. The van der Waals surface area contributed by atoms with Gasteiger partial charge >= 0.3 is 0 Å². The summed E-state index contributed by atoms with van der Waals surface area (Å²) in [6.07, 6.45) is 5.78. The summed E-state index contributed by atoms with van der Waals surface area (Å²) in [4.78, 5) is 11.2. The van der Waals surface area contributed by atoms with Gasteiger partial charge in [-0.25, -0.2) is 41.7 Å². The number of aromatic nitrogens is 3. The van der Waals surface area contributed by atoms with Gasteiger partial charge in [0.2, 0.25) is 15.3 Å². The van der Waals surface area contributed by atoms with E-state index in [1.54, 1.807) is 32.2 Å². The molecular formula is C23H20ClF3N4O2S2. The van der Waals surface area contributed by atoms with Crippen molar-refractivity contribution in [3.8, 4) is 10.7 Å². The smallest absolute Gasteiger partial charge is 0.238 e. The zero-order valence-corrected chi connectivity index (χ0v) is 21.1. The van der Waals surface area contributed by atoms with Gasteiger partial charge in [0.1, 0.15) is 28.0 Å². The molecule has 0 saturated carbocycles. The lowest BCUT2D eigenvalue weighted by Gasteiger charge is -2.42. The molecule has 1 aliphatic carbocycles. The largest absolute Gasteiger partial charge is 0.243 e. The van der Waals surface area contributed by atoms with Crippen molar-refractivity contribution in [2.24, 2.45) is 10.6 Å². The maximum absolute atomic E-state index is 16.5. The first-order valence-corrected chi connectivity index (χ1v) is 13.1. The average Bonchev–Trinajstić information content (AvgIpc) is 3.23. The molecule has 6 nitrogen and oxygen atoms in total. The number of thiazole rings is 1. The highest BCUT2D eigenvalue weighted by Crippen LogP contribution is 2.51. The van der Waals surface area contributed by atoms with Crippen molar-refractivity contribution in [2.75, 3.05) is 0 Å². The van der Waals surface area contributed by atoms with Crippen LogP contribution in [-0.2, 0) is 10.0 Å². The molecule has 12 heteroatoms. The Morgan fingerprint density at radius 3 is 2.49 bits per heavy atom. The van der Waals surface area contributed by atoms with Gasteiger partial charge < -0.3 is 0 Å². The zero-order chi connectivity index (χ0) is 25.8. The first-order chi connectivity index (χ1) is 16.2. The first-order valence-electron chi connectivity index (χ1n) is 10.3. The number of halogens is 4. The summed E-state index contributed by atoms with van der Waals surface area (Å²) in [6, 6.07) is 3.44. The normalized spacial score (nSPS) is 20.7. The third-order valence-electron chi connectivity index (χ3n) is 5.80. The van der Waals surface area contributed by atoms with Gasteiger partial charge in [0.25, 0.3) is 0 Å². The molecule has 0 saturated heterocycles.